The molecule has 0 radical (unpaired) electrons. The van der Waals surface area contributed by atoms with Gasteiger partial charge in [-0.15, -0.1) is 0 Å². The first-order valence-corrected chi connectivity index (χ1v) is 13.1. The van der Waals surface area contributed by atoms with Crippen LogP contribution in [0.2, 0.25) is 0 Å². The summed E-state index contributed by atoms with van der Waals surface area (Å²) in [6, 6.07) is 18.1. The van der Waals surface area contributed by atoms with Crippen LogP contribution in [0.3, 0.4) is 0 Å². The molecule has 36 heavy (non-hydrogen) atoms. The number of ether oxygens (including phenoxy) is 2. The normalized spacial score (nSPS) is 11.4. The van der Waals surface area contributed by atoms with Crippen molar-refractivity contribution in [2.45, 2.75) is 72.8 Å². The van der Waals surface area contributed by atoms with Crippen LogP contribution in [0.5, 0.6) is 5.75 Å². The van der Waals surface area contributed by atoms with E-state index in [-0.39, 0.29) is 17.8 Å². The molecule has 0 aliphatic carbocycles. The summed E-state index contributed by atoms with van der Waals surface area (Å²) in [7, 11) is 0. The van der Waals surface area contributed by atoms with Crippen molar-refractivity contribution >= 4 is 12.0 Å². The number of carbonyl (C=O) groups excluding carboxylic acids is 1. The maximum Gasteiger partial charge on any atom is 0.340 e. The molecule has 0 aliphatic heterocycles. The van der Waals surface area contributed by atoms with Gasteiger partial charge < -0.3 is 9.47 Å². The molecule has 1 aromatic heterocycles. The summed E-state index contributed by atoms with van der Waals surface area (Å²) in [5.74, 6) is 0.731. The Balaban J connectivity index is 2.16. The minimum atomic E-state index is -0.325. The Kier molecular flexibility index (Phi) is 9.86. The third-order valence-electron chi connectivity index (χ3n) is 6.00. The van der Waals surface area contributed by atoms with Crippen LogP contribution in [-0.4, -0.2) is 17.6 Å². The maximum atomic E-state index is 13.3. The first kappa shape index (κ1) is 27.2. The first-order valence-electron chi connectivity index (χ1n) is 13.1. The summed E-state index contributed by atoms with van der Waals surface area (Å²) in [5, 5.41) is 0. The molecule has 0 saturated heterocycles. The molecular weight excluding hydrogens is 446 g/mol. The van der Waals surface area contributed by atoms with E-state index in [0.29, 0.717) is 18.8 Å². The molecule has 0 spiro atoms. The highest BCUT2D eigenvalue weighted by Gasteiger charge is 2.27. The van der Waals surface area contributed by atoms with Gasteiger partial charge in [-0.3, -0.25) is 4.98 Å². The first-order chi connectivity index (χ1) is 17.4. The fraction of sp³-hybridized carbons (Fsp3) is 0.375. The minimum absolute atomic E-state index is 0.0720. The number of unbranched alkanes of at least 4 members (excludes halogenated alkanes) is 1. The molecule has 0 atom stereocenters. The highest BCUT2D eigenvalue weighted by molar-refractivity contribution is 6.01. The monoisotopic (exact) mass is 485 g/mol. The zero-order chi connectivity index (χ0) is 26.1. The summed E-state index contributed by atoms with van der Waals surface area (Å²) in [6.07, 6.45) is 6.32. The number of rotatable bonds is 11. The third-order valence-corrected chi connectivity index (χ3v) is 6.00. The second kappa shape index (κ2) is 13.1. The standard InChI is InChI=1S/C32H39NO3/c1-7-9-11-16-27-28(25-17-19-26(20-18-25)36-21-24-14-12-10-13-15-24)29(32(34)35-8-2)31(23(5)6)33-30(27)22(3)4/h10-20,22-23H,7-9,21H2,1-6H3/b16-11+. The predicted molar refractivity (Wildman–Crippen MR) is 149 cm³/mol. The molecule has 0 amide bonds. The molecule has 190 valence electrons. The molecule has 4 heteroatoms. The van der Waals surface area contributed by atoms with Crippen LogP contribution >= 0.6 is 0 Å². The molecular formula is C32H39NO3. The van der Waals surface area contributed by atoms with Gasteiger partial charge in [0, 0.05) is 11.1 Å². The number of aromatic nitrogens is 1. The van der Waals surface area contributed by atoms with Gasteiger partial charge in [0.25, 0.3) is 0 Å². The average Bonchev–Trinajstić information content (AvgIpc) is 2.87. The number of hydrogen-bond donors (Lipinski definition) is 0. The lowest BCUT2D eigenvalue weighted by atomic mass is 9.86. The van der Waals surface area contributed by atoms with Crippen LogP contribution in [0.1, 0.15) is 99.1 Å². The number of carbonyl (C=O) groups is 1. The summed E-state index contributed by atoms with van der Waals surface area (Å²) >= 11 is 0. The molecule has 4 nitrogen and oxygen atoms in total. The van der Waals surface area contributed by atoms with Crippen LogP contribution in [-0.2, 0) is 11.3 Å². The quantitative estimate of drug-likeness (QED) is 0.255. The topological polar surface area (TPSA) is 48.4 Å². The van der Waals surface area contributed by atoms with Gasteiger partial charge in [0.1, 0.15) is 12.4 Å². The number of allylic oxidation sites excluding steroid dienone is 1. The van der Waals surface area contributed by atoms with Crippen LogP contribution in [0.4, 0.5) is 0 Å². The number of nitrogens with zero attached hydrogens (tertiary/aromatic N) is 1. The molecule has 0 aliphatic rings. The average molecular weight is 486 g/mol. The summed E-state index contributed by atoms with van der Waals surface area (Å²) in [4.78, 5) is 18.4. The van der Waals surface area contributed by atoms with Crippen molar-refractivity contribution in [2.24, 2.45) is 0 Å². The lowest BCUT2D eigenvalue weighted by Gasteiger charge is -2.23. The van der Waals surface area contributed by atoms with E-state index >= 15 is 0 Å². The molecule has 1 heterocycles. The molecule has 0 saturated carbocycles. The molecule has 3 rings (SSSR count). The number of pyridine rings is 1. The Morgan fingerprint density at radius 2 is 1.58 bits per heavy atom. The lowest BCUT2D eigenvalue weighted by Crippen LogP contribution is -2.16. The lowest BCUT2D eigenvalue weighted by molar-refractivity contribution is 0.0525. The summed E-state index contributed by atoms with van der Waals surface area (Å²) in [5.41, 5.74) is 6.29. The molecule has 3 aromatic rings. The third kappa shape index (κ3) is 6.63. The highest BCUT2D eigenvalue weighted by Crippen LogP contribution is 2.38. The highest BCUT2D eigenvalue weighted by atomic mass is 16.5. The minimum Gasteiger partial charge on any atom is -0.489 e. The van der Waals surface area contributed by atoms with Crippen molar-refractivity contribution in [3.05, 3.63) is 88.8 Å². The summed E-state index contributed by atoms with van der Waals surface area (Å²) in [6.45, 7) is 13.3. The Hall–Kier alpha value is -3.40. The van der Waals surface area contributed by atoms with Gasteiger partial charge in [-0.2, -0.15) is 0 Å². The number of hydrogen-bond acceptors (Lipinski definition) is 4. The van der Waals surface area contributed by atoms with Crippen LogP contribution in [0.25, 0.3) is 17.2 Å². The Bertz CT molecular complexity index is 1160. The second-order valence-electron chi connectivity index (χ2n) is 9.57. The molecule has 2 aromatic carbocycles. The van der Waals surface area contributed by atoms with Crippen molar-refractivity contribution in [1.29, 1.82) is 0 Å². The number of benzene rings is 2. The number of esters is 1. The molecule has 0 N–H and O–H groups in total. The van der Waals surface area contributed by atoms with Crippen molar-refractivity contribution < 1.29 is 14.3 Å². The SMILES string of the molecule is CCC/C=C/c1c(C(C)C)nc(C(C)C)c(C(=O)OCC)c1-c1ccc(OCc2ccccc2)cc1. The van der Waals surface area contributed by atoms with Crippen LogP contribution in [0.15, 0.2) is 60.7 Å². The van der Waals surface area contributed by atoms with Gasteiger partial charge in [-0.05, 0) is 48.4 Å². The van der Waals surface area contributed by atoms with E-state index in [0.717, 1.165) is 52.2 Å². The molecule has 0 fully saturated rings. The van der Waals surface area contributed by atoms with Crippen LogP contribution in [0, 0.1) is 0 Å². The van der Waals surface area contributed by atoms with Crippen molar-refractivity contribution in [2.75, 3.05) is 6.61 Å². The van der Waals surface area contributed by atoms with Gasteiger partial charge in [0.05, 0.1) is 23.6 Å². The van der Waals surface area contributed by atoms with Crippen molar-refractivity contribution in [1.82, 2.24) is 4.98 Å². The van der Waals surface area contributed by atoms with E-state index in [1.54, 1.807) is 0 Å². The maximum absolute atomic E-state index is 13.3. The van der Waals surface area contributed by atoms with E-state index in [1.807, 2.05) is 61.5 Å². The zero-order valence-corrected chi connectivity index (χ0v) is 22.5. The zero-order valence-electron chi connectivity index (χ0n) is 22.5. The van der Waals surface area contributed by atoms with Gasteiger partial charge in [0.15, 0.2) is 0 Å². The van der Waals surface area contributed by atoms with E-state index in [2.05, 4.69) is 46.8 Å². The van der Waals surface area contributed by atoms with E-state index < -0.39 is 0 Å². The van der Waals surface area contributed by atoms with E-state index in [4.69, 9.17) is 14.5 Å². The summed E-state index contributed by atoms with van der Waals surface area (Å²) < 4.78 is 11.6. The van der Waals surface area contributed by atoms with Crippen molar-refractivity contribution in [3.63, 3.8) is 0 Å². The Labute approximate surface area is 216 Å². The van der Waals surface area contributed by atoms with E-state index in [9.17, 15) is 4.79 Å². The van der Waals surface area contributed by atoms with Crippen LogP contribution < -0.4 is 4.74 Å². The van der Waals surface area contributed by atoms with E-state index in [1.165, 1.54) is 0 Å². The van der Waals surface area contributed by atoms with Crippen molar-refractivity contribution in [3.8, 4) is 16.9 Å². The second-order valence-corrected chi connectivity index (χ2v) is 9.57. The van der Waals surface area contributed by atoms with Gasteiger partial charge in [-0.1, -0.05) is 95.7 Å². The predicted octanol–water partition coefficient (Wildman–Crippen LogP) is 8.56. The Morgan fingerprint density at radius 3 is 2.17 bits per heavy atom. The fourth-order valence-electron chi connectivity index (χ4n) is 4.20. The van der Waals surface area contributed by atoms with Gasteiger partial charge in [-0.25, -0.2) is 4.79 Å². The molecule has 0 bridgehead atoms. The Morgan fingerprint density at radius 1 is 0.917 bits per heavy atom. The largest absolute Gasteiger partial charge is 0.489 e. The molecule has 0 unspecified atom stereocenters. The van der Waals surface area contributed by atoms with Gasteiger partial charge >= 0.3 is 5.97 Å². The smallest absolute Gasteiger partial charge is 0.340 e. The fourth-order valence-corrected chi connectivity index (χ4v) is 4.20. The van der Waals surface area contributed by atoms with Gasteiger partial charge in [0.2, 0.25) is 0 Å².